The molecule has 4 heteroatoms. The number of alkyl carbamates (subject to hydrolysis) is 1. The predicted octanol–water partition coefficient (Wildman–Crippen LogP) is 3.60. The van der Waals surface area contributed by atoms with Crippen LogP contribution in [-0.2, 0) is 4.74 Å². The zero-order chi connectivity index (χ0) is 15.5. The molecule has 122 valence electrons. The molecule has 1 amide bonds. The van der Waals surface area contributed by atoms with E-state index < -0.39 is 5.60 Å². The van der Waals surface area contributed by atoms with Gasteiger partial charge in [0.05, 0.1) is 0 Å². The molecule has 2 aliphatic carbocycles. The fourth-order valence-electron chi connectivity index (χ4n) is 3.57. The summed E-state index contributed by atoms with van der Waals surface area (Å²) in [5, 5.41) is 6.82. The summed E-state index contributed by atoms with van der Waals surface area (Å²) in [6.07, 6.45) is 8.18. The molecule has 2 rings (SSSR count). The third-order valence-corrected chi connectivity index (χ3v) is 4.61. The summed E-state index contributed by atoms with van der Waals surface area (Å²) >= 11 is 0. The van der Waals surface area contributed by atoms with E-state index in [0.717, 1.165) is 37.6 Å². The molecule has 2 fully saturated rings. The first-order valence-electron chi connectivity index (χ1n) is 8.57. The Labute approximate surface area is 129 Å². The van der Waals surface area contributed by atoms with Gasteiger partial charge in [-0.15, -0.1) is 0 Å². The van der Waals surface area contributed by atoms with Crippen molar-refractivity contribution in [1.29, 1.82) is 0 Å². The topological polar surface area (TPSA) is 50.4 Å². The summed E-state index contributed by atoms with van der Waals surface area (Å²) in [6.45, 7) is 8.05. The van der Waals surface area contributed by atoms with Gasteiger partial charge >= 0.3 is 6.09 Å². The van der Waals surface area contributed by atoms with Crippen molar-refractivity contribution < 1.29 is 9.53 Å². The monoisotopic (exact) mass is 296 g/mol. The highest BCUT2D eigenvalue weighted by Crippen LogP contribution is 2.27. The Morgan fingerprint density at radius 3 is 2.05 bits per heavy atom. The van der Waals surface area contributed by atoms with Crippen LogP contribution in [0, 0.1) is 5.92 Å². The molecule has 0 radical (unpaired) electrons. The standard InChI is InChI=1S/C17H32N2O2/c1-12-5-6-15(11-12)18-13-7-9-14(10-8-13)19-16(20)21-17(2,3)4/h12-15,18H,5-11H2,1-4H3,(H,19,20). The van der Waals surface area contributed by atoms with Crippen molar-refractivity contribution >= 4 is 6.09 Å². The third-order valence-electron chi connectivity index (χ3n) is 4.61. The Bertz CT molecular complexity index is 343. The van der Waals surface area contributed by atoms with Crippen LogP contribution in [0.3, 0.4) is 0 Å². The normalized spacial score (nSPS) is 33.7. The maximum absolute atomic E-state index is 11.8. The van der Waals surface area contributed by atoms with Gasteiger partial charge in [-0.1, -0.05) is 6.92 Å². The highest BCUT2D eigenvalue weighted by molar-refractivity contribution is 5.68. The maximum Gasteiger partial charge on any atom is 0.407 e. The van der Waals surface area contributed by atoms with Crippen molar-refractivity contribution in [3.63, 3.8) is 0 Å². The molecule has 21 heavy (non-hydrogen) atoms. The van der Waals surface area contributed by atoms with E-state index in [1.54, 1.807) is 0 Å². The van der Waals surface area contributed by atoms with Gasteiger partial charge in [0.2, 0.25) is 0 Å². The van der Waals surface area contributed by atoms with Crippen molar-refractivity contribution in [1.82, 2.24) is 10.6 Å². The Hall–Kier alpha value is -0.770. The van der Waals surface area contributed by atoms with E-state index in [-0.39, 0.29) is 12.1 Å². The van der Waals surface area contributed by atoms with Crippen LogP contribution >= 0.6 is 0 Å². The van der Waals surface area contributed by atoms with Gasteiger partial charge in [-0.05, 0) is 71.6 Å². The average molecular weight is 296 g/mol. The number of hydrogen-bond acceptors (Lipinski definition) is 3. The summed E-state index contributed by atoms with van der Waals surface area (Å²) in [5.41, 5.74) is -0.415. The van der Waals surface area contributed by atoms with E-state index in [0.29, 0.717) is 6.04 Å². The van der Waals surface area contributed by atoms with E-state index in [4.69, 9.17) is 4.74 Å². The molecule has 4 nitrogen and oxygen atoms in total. The second kappa shape index (κ2) is 6.99. The molecular formula is C17H32N2O2. The summed E-state index contributed by atoms with van der Waals surface area (Å²) in [5.74, 6) is 0.882. The van der Waals surface area contributed by atoms with Crippen LogP contribution < -0.4 is 10.6 Å². The quantitative estimate of drug-likeness (QED) is 0.836. The van der Waals surface area contributed by atoms with Crippen molar-refractivity contribution in [2.45, 2.75) is 96.4 Å². The second-order valence-electron chi connectivity index (χ2n) is 7.98. The first-order valence-corrected chi connectivity index (χ1v) is 8.57. The number of rotatable bonds is 3. The van der Waals surface area contributed by atoms with Crippen molar-refractivity contribution in [2.75, 3.05) is 0 Å². The number of hydrogen-bond donors (Lipinski definition) is 2. The smallest absolute Gasteiger partial charge is 0.407 e. The summed E-state index contributed by atoms with van der Waals surface area (Å²) in [6, 6.07) is 1.64. The number of amides is 1. The van der Waals surface area contributed by atoms with E-state index in [1.807, 2.05) is 20.8 Å². The summed E-state index contributed by atoms with van der Waals surface area (Å²) in [7, 11) is 0. The molecule has 2 saturated carbocycles. The Balaban J connectivity index is 1.65. The summed E-state index contributed by atoms with van der Waals surface area (Å²) in [4.78, 5) is 11.8. The fraction of sp³-hybridized carbons (Fsp3) is 0.941. The van der Waals surface area contributed by atoms with Gasteiger partial charge in [0.1, 0.15) is 5.60 Å². The lowest BCUT2D eigenvalue weighted by atomic mass is 9.90. The van der Waals surface area contributed by atoms with Gasteiger partial charge in [0, 0.05) is 18.1 Å². The first kappa shape index (κ1) is 16.6. The minimum absolute atomic E-state index is 0.275. The molecule has 0 bridgehead atoms. The second-order valence-corrected chi connectivity index (χ2v) is 7.98. The van der Waals surface area contributed by atoms with Gasteiger partial charge in [-0.25, -0.2) is 4.79 Å². The molecule has 0 saturated heterocycles. The van der Waals surface area contributed by atoms with E-state index >= 15 is 0 Å². The number of carbonyl (C=O) groups is 1. The van der Waals surface area contributed by atoms with E-state index in [9.17, 15) is 4.79 Å². The molecular weight excluding hydrogens is 264 g/mol. The van der Waals surface area contributed by atoms with Gasteiger partial charge in [-0.3, -0.25) is 0 Å². The lowest BCUT2D eigenvalue weighted by Gasteiger charge is -2.32. The largest absolute Gasteiger partial charge is 0.444 e. The molecule has 0 aliphatic heterocycles. The number of carbonyl (C=O) groups excluding carboxylic acids is 1. The van der Waals surface area contributed by atoms with Crippen LogP contribution in [0.2, 0.25) is 0 Å². The number of nitrogens with one attached hydrogen (secondary N) is 2. The zero-order valence-electron chi connectivity index (χ0n) is 14.1. The Kier molecular flexibility index (Phi) is 5.53. The van der Waals surface area contributed by atoms with Gasteiger partial charge < -0.3 is 15.4 Å². The minimum atomic E-state index is -0.415. The van der Waals surface area contributed by atoms with Crippen molar-refractivity contribution in [3.05, 3.63) is 0 Å². The lowest BCUT2D eigenvalue weighted by molar-refractivity contribution is 0.0489. The molecule has 0 aromatic carbocycles. The lowest BCUT2D eigenvalue weighted by Crippen LogP contribution is -2.45. The van der Waals surface area contributed by atoms with Crippen LogP contribution in [0.25, 0.3) is 0 Å². The Morgan fingerprint density at radius 2 is 1.52 bits per heavy atom. The molecule has 0 aromatic heterocycles. The van der Waals surface area contributed by atoms with Crippen LogP contribution in [0.4, 0.5) is 4.79 Å². The van der Waals surface area contributed by atoms with Crippen LogP contribution in [0.5, 0.6) is 0 Å². The molecule has 2 N–H and O–H groups in total. The van der Waals surface area contributed by atoms with Gasteiger partial charge in [0.25, 0.3) is 0 Å². The third kappa shape index (κ3) is 5.85. The molecule has 0 heterocycles. The van der Waals surface area contributed by atoms with Crippen molar-refractivity contribution in [2.24, 2.45) is 5.92 Å². The first-order chi connectivity index (χ1) is 9.82. The van der Waals surface area contributed by atoms with Gasteiger partial charge in [-0.2, -0.15) is 0 Å². The molecule has 0 aromatic rings. The van der Waals surface area contributed by atoms with E-state index in [1.165, 1.54) is 19.3 Å². The predicted molar refractivity (Wildman–Crippen MR) is 85.4 cm³/mol. The van der Waals surface area contributed by atoms with Crippen LogP contribution in [0.15, 0.2) is 0 Å². The average Bonchev–Trinajstić information content (AvgIpc) is 2.75. The highest BCUT2D eigenvalue weighted by Gasteiger charge is 2.28. The van der Waals surface area contributed by atoms with Gasteiger partial charge in [0.15, 0.2) is 0 Å². The Morgan fingerprint density at radius 1 is 0.952 bits per heavy atom. The minimum Gasteiger partial charge on any atom is -0.444 e. The summed E-state index contributed by atoms with van der Waals surface area (Å²) < 4.78 is 5.32. The fourth-order valence-corrected chi connectivity index (χ4v) is 3.57. The molecule has 2 aliphatic rings. The highest BCUT2D eigenvalue weighted by atomic mass is 16.6. The van der Waals surface area contributed by atoms with Crippen LogP contribution in [0.1, 0.15) is 72.6 Å². The molecule has 2 atom stereocenters. The van der Waals surface area contributed by atoms with Crippen LogP contribution in [-0.4, -0.2) is 29.8 Å². The zero-order valence-corrected chi connectivity index (χ0v) is 14.1. The van der Waals surface area contributed by atoms with E-state index in [2.05, 4.69) is 17.6 Å². The molecule has 0 spiro atoms. The maximum atomic E-state index is 11.8. The molecule has 2 unspecified atom stereocenters. The SMILES string of the molecule is CC1CCC(NC2CCC(NC(=O)OC(C)(C)C)CC2)C1. The van der Waals surface area contributed by atoms with Crippen molar-refractivity contribution in [3.8, 4) is 0 Å². The number of ether oxygens (including phenoxy) is 1.